The zero-order valence-corrected chi connectivity index (χ0v) is 10.2. The van der Waals surface area contributed by atoms with E-state index in [1.54, 1.807) is 0 Å². The van der Waals surface area contributed by atoms with Gasteiger partial charge in [0.2, 0.25) is 0 Å². The molecule has 0 amide bonds. The van der Waals surface area contributed by atoms with Crippen LogP contribution in [0, 0.1) is 11.8 Å². The van der Waals surface area contributed by atoms with Crippen LogP contribution in [0.5, 0.6) is 0 Å². The summed E-state index contributed by atoms with van der Waals surface area (Å²) in [4.78, 5) is 13.8. The van der Waals surface area contributed by atoms with Crippen LogP contribution in [0.25, 0.3) is 0 Å². The van der Waals surface area contributed by atoms with Gasteiger partial charge in [-0.2, -0.15) is 0 Å². The Hall–Kier alpha value is -0.570. The van der Waals surface area contributed by atoms with Gasteiger partial charge in [0.05, 0.1) is 13.0 Å². The molecule has 1 fully saturated rings. The smallest absolute Gasteiger partial charge is 0.308 e. The summed E-state index contributed by atoms with van der Waals surface area (Å²) in [6.45, 7) is 7.67. The number of likely N-dealkylation sites (tertiary alicyclic amines) is 1. The molecule has 1 aliphatic heterocycles. The van der Waals surface area contributed by atoms with Crippen LogP contribution < -0.4 is 0 Å². The van der Waals surface area contributed by atoms with E-state index in [0.717, 1.165) is 19.5 Å². The zero-order chi connectivity index (χ0) is 11.3. The summed E-state index contributed by atoms with van der Waals surface area (Å²) in [5.74, 6) is 0.660. The highest BCUT2D eigenvalue weighted by Gasteiger charge is 2.23. The highest BCUT2D eigenvalue weighted by Crippen LogP contribution is 2.23. The maximum Gasteiger partial charge on any atom is 0.308 e. The number of ether oxygens (including phenoxy) is 1. The lowest BCUT2D eigenvalue weighted by molar-refractivity contribution is -0.145. The Balaban J connectivity index is 2.34. The Labute approximate surface area is 92.8 Å². The molecule has 3 heteroatoms. The molecule has 0 bridgehead atoms. The Bertz CT molecular complexity index is 206. The molecule has 1 heterocycles. The first-order valence-electron chi connectivity index (χ1n) is 5.97. The van der Waals surface area contributed by atoms with Crippen molar-refractivity contribution in [1.82, 2.24) is 4.90 Å². The fraction of sp³-hybridized carbons (Fsp3) is 0.917. The molecule has 88 valence electrons. The first kappa shape index (κ1) is 12.5. The van der Waals surface area contributed by atoms with Crippen LogP contribution in [0.3, 0.4) is 0 Å². The highest BCUT2D eigenvalue weighted by atomic mass is 16.5. The number of esters is 1. The third kappa shape index (κ3) is 3.82. The summed E-state index contributed by atoms with van der Waals surface area (Å²) < 4.78 is 4.75. The second-order valence-corrected chi connectivity index (χ2v) is 4.56. The van der Waals surface area contributed by atoms with Gasteiger partial charge in [0, 0.05) is 6.54 Å². The molecule has 0 aromatic rings. The van der Waals surface area contributed by atoms with Gasteiger partial charge in [0.1, 0.15) is 0 Å². The number of hydrogen-bond acceptors (Lipinski definition) is 3. The minimum atomic E-state index is -0.0661. The lowest BCUT2D eigenvalue weighted by Crippen LogP contribution is -2.36. The fourth-order valence-corrected chi connectivity index (χ4v) is 2.43. The van der Waals surface area contributed by atoms with Crippen molar-refractivity contribution in [3.63, 3.8) is 0 Å². The van der Waals surface area contributed by atoms with Gasteiger partial charge < -0.3 is 9.64 Å². The van der Waals surface area contributed by atoms with Crippen LogP contribution in [-0.2, 0) is 9.53 Å². The fourth-order valence-electron chi connectivity index (χ4n) is 2.43. The van der Waals surface area contributed by atoms with Crippen molar-refractivity contribution in [2.75, 3.05) is 26.7 Å². The molecule has 0 aliphatic carbocycles. The topological polar surface area (TPSA) is 29.5 Å². The molecule has 0 aromatic carbocycles. The van der Waals surface area contributed by atoms with E-state index >= 15 is 0 Å². The summed E-state index contributed by atoms with van der Waals surface area (Å²) in [6, 6.07) is 0. The number of piperidine rings is 1. The summed E-state index contributed by atoms with van der Waals surface area (Å²) in [7, 11) is 1.47. The normalized spacial score (nSPS) is 24.9. The molecule has 0 saturated carbocycles. The maximum atomic E-state index is 11.3. The van der Waals surface area contributed by atoms with E-state index in [4.69, 9.17) is 4.74 Å². The molecule has 15 heavy (non-hydrogen) atoms. The molecule has 0 spiro atoms. The van der Waals surface area contributed by atoms with Crippen LogP contribution >= 0.6 is 0 Å². The van der Waals surface area contributed by atoms with E-state index in [1.165, 1.54) is 26.5 Å². The molecule has 1 rings (SSSR count). The molecule has 2 atom stereocenters. The Morgan fingerprint density at radius 3 is 2.93 bits per heavy atom. The molecule has 1 aliphatic rings. The van der Waals surface area contributed by atoms with Crippen molar-refractivity contribution in [1.29, 1.82) is 0 Å². The zero-order valence-electron chi connectivity index (χ0n) is 10.2. The van der Waals surface area contributed by atoms with E-state index < -0.39 is 0 Å². The first-order chi connectivity index (χ1) is 7.17. The van der Waals surface area contributed by atoms with E-state index in [1.807, 2.05) is 6.92 Å². The summed E-state index contributed by atoms with van der Waals surface area (Å²) in [5.41, 5.74) is 0. The molecular weight excluding hydrogens is 190 g/mol. The van der Waals surface area contributed by atoms with Gasteiger partial charge in [-0.3, -0.25) is 4.79 Å². The predicted octanol–water partition coefficient (Wildman–Crippen LogP) is 1.92. The van der Waals surface area contributed by atoms with Gasteiger partial charge in [-0.05, 0) is 38.3 Å². The van der Waals surface area contributed by atoms with Gasteiger partial charge in [0.25, 0.3) is 0 Å². The quantitative estimate of drug-likeness (QED) is 0.668. The van der Waals surface area contributed by atoms with Crippen LogP contribution in [0.2, 0.25) is 0 Å². The lowest BCUT2D eigenvalue weighted by Gasteiger charge is -2.32. The lowest BCUT2D eigenvalue weighted by atomic mass is 9.89. The molecule has 0 N–H and O–H groups in total. The number of carbonyl (C=O) groups excluding carboxylic acids is 1. The number of hydrogen-bond donors (Lipinski definition) is 0. The highest BCUT2D eigenvalue weighted by molar-refractivity contribution is 5.71. The molecule has 0 aromatic heterocycles. The summed E-state index contributed by atoms with van der Waals surface area (Å²) in [5, 5.41) is 0. The van der Waals surface area contributed by atoms with Gasteiger partial charge in [-0.1, -0.05) is 13.8 Å². The summed E-state index contributed by atoms with van der Waals surface area (Å²) in [6.07, 6.45) is 3.51. The molecule has 1 saturated heterocycles. The van der Waals surface area contributed by atoms with Crippen molar-refractivity contribution < 1.29 is 9.53 Å². The predicted molar refractivity (Wildman–Crippen MR) is 60.6 cm³/mol. The Morgan fingerprint density at radius 1 is 1.60 bits per heavy atom. The second kappa shape index (κ2) is 6.11. The van der Waals surface area contributed by atoms with Crippen LogP contribution in [0.4, 0.5) is 0 Å². The number of rotatable bonds is 4. The maximum absolute atomic E-state index is 11.3. The molecule has 2 unspecified atom stereocenters. The first-order valence-corrected chi connectivity index (χ1v) is 5.97. The largest absolute Gasteiger partial charge is 0.469 e. The second-order valence-electron chi connectivity index (χ2n) is 4.56. The monoisotopic (exact) mass is 213 g/mol. The third-order valence-electron chi connectivity index (χ3n) is 3.34. The number of methoxy groups -OCH3 is 1. The minimum Gasteiger partial charge on any atom is -0.469 e. The van der Waals surface area contributed by atoms with Crippen molar-refractivity contribution in [2.24, 2.45) is 11.8 Å². The van der Waals surface area contributed by atoms with Crippen LogP contribution in [0.1, 0.15) is 33.1 Å². The van der Waals surface area contributed by atoms with Crippen LogP contribution in [-0.4, -0.2) is 37.6 Å². The minimum absolute atomic E-state index is 0.0526. The van der Waals surface area contributed by atoms with Gasteiger partial charge in [-0.15, -0.1) is 0 Å². The average Bonchev–Trinajstić information content (AvgIpc) is 2.28. The molecular formula is C12H23NO2. The van der Waals surface area contributed by atoms with Crippen molar-refractivity contribution in [3.8, 4) is 0 Å². The van der Waals surface area contributed by atoms with Crippen LogP contribution in [0.15, 0.2) is 0 Å². The average molecular weight is 213 g/mol. The van der Waals surface area contributed by atoms with Gasteiger partial charge in [0.15, 0.2) is 0 Å². The Kier molecular flexibility index (Phi) is 5.09. The molecule has 0 radical (unpaired) electrons. The van der Waals surface area contributed by atoms with E-state index in [0.29, 0.717) is 5.92 Å². The van der Waals surface area contributed by atoms with Crippen molar-refractivity contribution >= 4 is 5.97 Å². The van der Waals surface area contributed by atoms with Crippen molar-refractivity contribution in [3.05, 3.63) is 0 Å². The summed E-state index contributed by atoms with van der Waals surface area (Å²) >= 11 is 0. The van der Waals surface area contributed by atoms with E-state index in [9.17, 15) is 4.79 Å². The number of nitrogens with zero attached hydrogens (tertiary/aromatic N) is 1. The van der Waals surface area contributed by atoms with Gasteiger partial charge >= 0.3 is 5.97 Å². The SMILES string of the molecule is CCN1CCCC(CC(C)C(=O)OC)C1. The Morgan fingerprint density at radius 2 is 2.33 bits per heavy atom. The molecule has 3 nitrogen and oxygen atoms in total. The van der Waals surface area contributed by atoms with E-state index in [2.05, 4.69) is 11.8 Å². The number of carbonyl (C=O) groups is 1. The third-order valence-corrected chi connectivity index (χ3v) is 3.34. The van der Waals surface area contributed by atoms with Crippen molar-refractivity contribution in [2.45, 2.75) is 33.1 Å². The van der Waals surface area contributed by atoms with E-state index in [-0.39, 0.29) is 11.9 Å². The van der Waals surface area contributed by atoms with Gasteiger partial charge in [-0.25, -0.2) is 0 Å². The standard InChI is InChI=1S/C12H23NO2/c1-4-13-7-5-6-11(9-13)8-10(2)12(14)15-3/h10-11H,4-9H2,1-3H3.